The molecule has 1 saturated carbocycles. The molecular formula is C18H25N7O. The third-order valence-corrected chi connectivity index (χ3v) is 4.96. The zero-order chi connectivity index (χ0) is 17.9. The van der Waals surface area contributed by atoms with Crippen molar-refractivity contribution in [3.05, 3.63) is 24.5 Å². The van der Waals surface area contributed by atoms with Crippen molar-refractivity contribution in [3.63, 3.8) is 0 Å². The first-order chi connectivity index (χ1) is 12.7. The van der Waals surface area contributed by atoms with Crippen LogP contribution in [0.1, 0.15) is 38.6 Å². The lowest BCUT2D eigenvalue weighted by atomic mass is 10.1. The van der Waals surface area contributed by atoms with E-state index in [1.165, 1.54) is 0 Å². The second-order valence-electron chi connectivity index (χ2n) is 6.91. The van der Waals surface area contributed by atoms with Gasteiger partial charge in [0.05, 0.1) is 12.2 Å². The van der Waals surface area contributed by atoms with E-state index in [9.17, 15) is 4.79 Å². The first kappa shape index (κ1) is 16.8. The highest BCUT2D eigenvalue weighted by molar-refractivity contribution is 5.93. The van der Waals surface area contributed by atoms with E-state index in [4.69, 9.17) is 0 Å². The quantitative estimate of drug-likeness (QED) is 0.827. The van der Waals surface area contributed by atoms with Gasteiger partial charge in [-0.3, -0.25) is 4.79 Å². The molecule has 0 unspecified atom stereocenters. The molecule has 2 aromatic rings. The Kier molecular flexibility index (Phi) is 4.73. The Balaban J connectivity index is 1.39. The van der Waals surface area contributed by atoms with Gasteiger partial charge in [0, 0.05) is 37.8 Å². The standard InChI is InChI=1S/C18H25N7O/c1-2-19-15-5-9-20-18(22-15)24-11-7-14(8-12-24)25-16(6-10-21-25)23-17(26)13-3-4-13/h5-6,9-10,13-14H,2-4,7-8,11-12H2,1H3,(H,23,26)(H,19,20,22). The number of hydrogen-bond donors (Lipinski definition) is 2. The van der Waals surface area contributed by atoms with E-state index in [-0.39, 0.29) is 17.9 Å². The van der Waals surface area contributed by atoms with Gasteiger partial charge in [-0.2, -0.15) is 10.1 Å². The van der Waals surface area contributed by atoms with E-state index >= 15 is 0 Å². The van der Waals surface area contributed by atoms with Crippen molar-refractivity contribution in [1.82, 2.24) is 19.7 Å². The Morgan fingerprint density at radius 2 is 2.00 bits per heavy atom. The number of hydrogen-bond acceptors (Lipinski definition) is 6. The van der Waals surface area contributed by atoms with Gasteiger partial charge in [-0.15, -0.1) is 0 Å². The SMILES string of the molecule is CCNc1ccnc(N2CCC(n3nccc3NC(=O)C3CC3)CC2)n1. The fraction of sp³-hybridized carbons (Fsp3) is 0.556. The van der Waals surface area contributed by atoms with Crippen LogP contribution in [0.5, 0.6) is 0 Å². The van der Waals surface area contributed by atoms with E-state index in [1.807, 2.05) is 16.8 Å². The minimum absolute atomic E-state index is 0.123. The van der Waals surface area contributed by atoms with E-state index in [0.29, 0.717) is 0 Å². The maximum atomic E-state index is 12.0. The maximum Gasteiger partial charge on any atom is 0.228 e. The predicted molar refractivity (Wildman–Crippen MR) is 100 cm³/mol. The van der Waals surface area contributed by atoms with Crippen LogP contribution in [0.4, 0.5) is 17.6 Å². The molecule has 138 valence electrons. The highest BCUT2D eigenvalue weighted by Crippen LogP contribution is 2.31. The van der Waals surface area contributed by atoms with Crippen LogP contribution in [0.25, 0.3) is 0 Å². The van der Waals surface area contributed by atoms with Crippen molar-refractivity contribution in [3.8, 4) is 0 Å². The van der Waals surface area contributed by atoms with Gasteiger partial charge >= 0.3 is 0 Å². The molecule has 4 rings (SSSR count). The van der Waals surface area contributed by atoms with Crippen molar-refractivity contribution >= 4 is 23.5 Å². The van der Waals surface area contributed by atoms with Crippen molar-refractivity contribution in [2.75, 3.05) is 35.2 Å². The van der Waals surface area contributed by atoms with Gasteiger partial charge in [0.15, 0.2) is 0 Å². The Bertz CT molecular complexity index is 762. The van der Waals surface area contributed by atoms with Crippen LogP contribution in [0.3, 0.4) is 0 Å². The summed E-state index contributed by atoms with van der Waals surface area (Å²) in [6.45, 7) is 4.64. The van der Waals surface area contributed by atoms with Gasteiger partial charge in [-0.05, 0) is 38.7 Å². The summed E-state index contributed by atoms with van der Waals surface area (Å²) in [4.78, 5) is 23.3. The molecule has 8 heteroatoms. The van der Waals surface area contributed by atoms with Crippen molar-refractivity contribution in [1.29, 1.82) is 0 Å². The molecule has 0 atom stereocenters. The number of rotatable bonds is 6. The van der Waals surface area contributed by atoms with Crippen LogP contribution in [0.15, 0.2) is 24.5 Å². The van der Waals surface area contributed by atoms with Crippen LogP contribution in [0, 0.1) is 5.92 Å². The minimum Gasteiger partial charge on any atom is -0.370 e. The molecule has 1 amide bonds. The Morgan fingerprint density at radius 3 is 2.73 bits per heavy atom. The molecule has 8 nitrogen and oxygen atoms in total. The number of piperidine rings is 1. The van der Waals surface area contributed by atoms with Gasteiger partial charge in [-0.25, -0.2) is 9.67 Å². The third kappa shape index (κ3) is 3.63. The van der Waals surface area contributed by atoms with E-state index in [0.717, 1.165) is 62.9 Å². The summed E-state index contributed by atoms with van der Waals surface area (Å²) >= 11 is 0. The molecule has 0 aromatic carbocycles. The molecule has 3 heterocycles. The minimum atomic E-state index is 0.123. The number of carbonyl (C=O) groups excluding carboxylic acids is 1. The maximum absolute atomic E-state index is 12.0. The summed E-state index contributed by atoms with van der Waals surface area (Å²) in [6, 6.07) is 4.06. The number of nitrogens with zero attached hydrogens (tertiary/aromatic N) is 5. The summed E-state index contributed by atoms with van der Waals surface area (Å²) in [7, 11) is 0. The van der Waals surface area contributed by atoms with Crippen LogP contribution in [0.2, 0.25) is 0 Å². The molecule has 2 aliphatic rings. The highest BCUT2D eigenvalue weighted by Gasteiger charge is 2.31. The molecule has 0 spiro atoms. The third-order valence-electron chi connectivity index (χ3n) is 4.96. The van der Waals surface area contributed by atoms with E-state index in [1.54, 1.807) is 12.4 Å². The molecule has 1 saturated heterocycles. The zero-order valence-electron chi connectivity index (χ0n) is 15.1. The van der Waals surface area contributed by atoms with Crippen LogP contribution in [-0.4, -0.2) is 45.3 Å². The molecule has 0 bridgehead atoms. The fourth-order valence-corrected chi connectivity index (χ4v) is 3.37. The Labute approximate surface area is 153 Å². The summed E-state index contributed by atoms with van der Waals surface area (Å²) in [5.74, 6) is 2.76. The van der Waals surface area contributed by atoms with Gasteiger partial charge in [0.25, 0.3) is 0 Å². The molecule has 2 N–H and O–H groups in total. The smallest absolute Gasteiger partial charge is 0.228 e. The topological polar surface area (TPSA) is 88.0 Å². The molecule has 1 aliphatic carbocycles. The van der Waals surface area contributed by atoms with Crippen LogP contribution >= 0.6 is 0 Å². The Hall–Kier alpha value is -2.64. The van der Waals surface area contributed by atoms with Crippen molar-refractivity contribution < 1.29 is 4.79 Å². The number of carbonyl (C=O) groups is 1. The van der Waals surface area contributed by atoms with Gasteiger partial charge in [-0.1, -0.05) is 0 Å². The van der Waals surface area contributed by atoms with Crippen LogP contribution in [-0.2, 0) is 4.79 Å². The lowest BCUT2D eigenvalue weighted by molar-refractivity contribution is -0.117. The monoisotopic (exact) mass is 355 g/mol. The molecule has 2 fully saturated rings. The summed E-state index contributed by atoms with van der Waals surface area (Å²) in [6.07, 6.45) is 7.46. The Morgan fingerprint density at radius 1 is 1.19 bits per heavy atom. The average Bonchev–Trinajstić information content (AvgIpc) is 3.43. The average molecular weight is 355 g/mol. The lowest BCUT2D eigenvalue weighted by Crippen LogP contribution is -2.36. The fourth-order valence-electron chi connectivity index (χ4n) is 3.37. The number of nitrogens with one attached hydrogen (secondary N) is 2. The zero-order valence-corrected chi connectivity index (χ0v) is 15.1. The van der Waals surface area contributed by atoms with Crippen molar-refractivity contribution in [2.24, 2.45) is 5.92 Å². The van der Waals surface area contributed by atoms with E-state index < -0.39 is 0 Å². The predicted octanol–water partition coefficient (Wildman–Crippen LogP) is 2.29. The van der Waals surface area contributed by atoms with Gasteiger partial charge in [0.2, 0.25) is 11.9 Å². The molecule has 26 heavy (non-hydrogen) atoms. The first-order valence-electron chi connectivity index (χ1n) is 9.41. The summed E-state index contributed by atoms with van der Waals surface area (Å²) in [5, 5.41) is 10.7. The molecular weight excluding hydrogens is 330 g/mol. The first-order valence-corrected chi connectivity index (χ1v) is 9.41. The second kappa shape index (κ2) is 7.31. The second-order valence-corrected chi connectivity index (χ2v) is 6.91. The van der Waals surface area contributed by atoms with E-state index in [2.05, 4.69) is 37.5 Å². The van der Waals surface area contributed by atoms with Crippen molar-refractivity contribution in [2.45, 2.75) is 38.6 Å². The highest BCUT2D eigenvalue weighted by atomic mass is 16.2. The largest absolute Gasteiger partial charge is 0.370 e. The summed E-state index contributed by atoms with van der Waals surface area (Å²) in [5.41, 5.74) is 0. The molecule has 1 aliphatic heterocycles. The van der Waals surface area contributed by atoms with Gasteiger partial charge < -0.3 is 15.5 Å². The molecule has 0 radical (unpaired) electrons. The number of amides is 1. The number of anilines is 3. The van der Waals surface area contributed by atoms with Crippen LogP contribution < -0.4 is 15.5 Å². The van der Waals surface area contributed by atoms with Gasteiger partial charge in [0.1, 0.15) is 11.6 Å². The number of aromatic nitrogens is 4. The summed E-state index contributed by atoms with van der Waals surface area (Å²) < 4.78 is 1.97. The molecule has 2 aromatic heterocycles. The normalized spacial score (nSPS) is 18.0. The lowest BCUT2D eigenvalue weighted by Gasteiger charge is -2.32.